The van der Waals surface area contributed by atoms with Gasteiger partial charge in [-0.05, 0) is 36.2 Å². The van der Waals surface area contributed by atoms with E-state index in [2.05, 4.69) is 12.2 Å². The monoisotopic (exact) mass is 357 g/mol. The molecule has 0 aromatic heterocycles. The lowest BCUT2D eigenvalue weighted by atomic mass is 10.1. The van der Waals surface area contributed by atoms with Gasteiger partial charge in [-0.15, -0.1) is 0 Å². The molecule has 6 heteroatoms. The lowest BCUT2D eigenvalue weighted by molar-refractivity contribution is 0.0691. The quantitative estimate of drug-likeness (QED) is 0.671. The molecule has 0 unspecified atom stereocenters. The molecule has 2 N–H and O–H groups in total. The number of unbranched alkanes of at least 4 members (excludes halogenated alkanes) is 1. The average Bonchev–Trinajstić information content (AvgIpc) is 2.66. The summed E-state index contributed by atoms with van der Waals surface area (Å²) in [6.45, 7) is 2.96. The van der Waals surface area contributed by atoms with Crippen molar-refractivity contribution in [3.8, 4) is 11.5 Å². The Bertz CT molecular complexity index is 773. The minimum atomic E-state index is -1.13. The molecule has 0 atom stereocenters. The van der Waals surface area contributed by atoms with E-state index in [1.54, 1.807) is 31.4 Å². The van der Waals surface area contributed by atoms with Gasteiger partial charge in [0.1, 0.15) is 0 Å². The normalized spacial score (nSPS) is 10.2. The maximum atomic E-state index is 12.3. The molecular formula is C20H23NO5. The van der Waals surface area contributed by atoms with Gasteiger partial charge in [-0.2, -0.15) is 0 Å². The summed E-state index contributed by atoms with van der Waals surface area (Å²) in [5.74, 6) is -0.317. The van der Waals surface area contributed by atoms with Gasteiger partial charge in [-0.1, -0.05) is 31.5 Å². The molecule has 0 heterocycles. The second-order valence-electron chi connectivity index (χ2n) is 5.72. The van der Waals surface area contributed by atoms with Gasteiger partial charge in [0, 0.05) is 6.54 Å². The van der Waals surface area contributed by atoms with Gasteiger partial charge < -0.3 is 19.9 Å². The first-order valence-electron chi connectivity index (χ1n) is 8.47. The van der Waals surface area contributed by atoms with E-state index in [0.717, 1.165) is 18.4 Å². The topological polar surface area (TPSA) is 84.9 Å². The van der Waals surface area contributed by atoms with E-state index in [0.29, 0.717) is 18.1 Å². The maximum Gasteiger partial charge on any atom is 0.336 e. The molecule has 0 fully saturated rings. The van der Waals surface area contributed by atoms with Crippen LogP contribution in [0, 0.1) is 0 Å². The number of hydrogen-bond donors (Lipinski definition) is 2. The lowest BCUT2D eigenvalue weighted by Crippen LogP contribution is -2.24. The van der Waals surface area contributed by atoms with Crippen molar-refractivity contribution in [3.05, 3.63) is 59.2 Å². The van der Waals surface area contributed by atoms with Crippen molar-refractivity contribution in [2.75, 3.05) is 13.7 Å². The van der Waals surface area contributed by atoms with Gasteiger partial charge in [-0.25, -0.2) is 4.79 Å². The van der Waals surface area contributed by atoms with Crippen LogP contribution in [0.1, 0.15) is 46.0 Å². The Morgan fingerprint density at radius 2 is 1.81 bits per heavy atom. The molecule has 0 saturated heterocycles. The average molecular weight is 357 g/mol. The third-order valence-corrected chi connectivity index (χ3v) is 3.84. The molecule has 26 heavy (non-hydrogen) atoms. The standard InChI is InChI=1S/C20H23NO5/c1-3-4-11-26-17-10-9-14(12-18(17)25-2)13-21-19(22)15-7-5-6-8-16(15)20(23)24/h5-10,12H,3-4,11,13H2,1-2H3,(H,21,22)(H,23,24). The molecule has 2 rings (SSSR count). The Morgan fingerprint density at radius 3 is 2.46 bits per heavy atom. The third kappa shape index (κ3) is 4.99. The molecular weight excluding hydrogens is 334 g/mol. The highest BCUT2D eigenvalue weighted by atomic mass is 16.5. The fourth-order valence-electron chi connectivity index (χ4n) is 2.41. The van der Waals surface area contributed by atoms with Crippen molar-refractivity contribution in [2.24, 2.45) is 0 Å². The van der Waals surface area contributed by atoms with Gasteiger partial charge in [0.05, 0.1) is 24.8 Å². The molecule has 0 spiro atoms. The van der Waals surface area contributed by atoms with Crippen molar-refractivity contribution in [3.63, 3.8) is 0 Å². The van der Waals surface area contributed by atoms with Crippen molar-refractivity contribution < 1.29 is 24.2 Å². The maximum absolute atomic E-state index is 12.3. The molecule has 0 aliphatic carbocycles. The summed E-state index contributed by atoms with van der Waals surface area (Å²) in [6.07, 6.45) is 2.01. The summed E-state index contributed by atoms with van der Waals surface area (Å²) in [7, 11) is 1.56. The second-order valence-corrected chi connectivity index (χ2v) is 5.72. The Morgan fingerprint density at radius 1 is 1.08 bits per heavy atom. The van der Waals surface area contributed by atoms with Crippen LogP contribution in [0.15, 0.2) is 42.5 Å². The van der Waals surface area contributed by atoms with Crippen molar-refractivity contribution in [1.29, 1.82) is 0 Å². The Balaban J connectivity index is 2.05. The van der Waals surface area contributed by atoms with Crippen LogP contribution in [0.4, 0.5) is 0 Å². The lowest BCUT2D eigenvalue weighted by Gasteiger charge is -2.13. The number of rotatable bonds is 9. The Hall–Kier alpha value is -3.02. The van der Waals surface area contributed by atoms with Crippen LogP contribution < -0.4 is 14.8 Å². The highest BCUT2D eigenvalue weighted by molar-refractivity contribution is 6.04. The summed E-state index contributed by atoms with van der Waals surface area (Å²) < 4.78 is 11.0. The van der Waals surface area contributed by atoms with Gasteiger partial charge in [0.25, 0.3) is 5.91 Å². The highest BCUT2D eigenvalue weighted by Crippen LogP contribution is 2.28. The molecule has 6 nitrogen and oxygen atoms in total. The van der Waals surface area contributed by atoms with E-state index >= 15 is 0 Å². The van der Waals surface area contributed by atoms with Gasteiger partial charge in [0.15, 0.2) is 11.5 Å². The van der Waals surface area contributed by atoms with Crippen LogP contribution in [-0.4, -0.2) is 30.7 Å². The molecule has 0 bridgehead atoms. The number of amides is 1. The number of carbonyl (C=O) groups is 2. The summed E-state index contributed by atoms with van der Waals surface area (Å²) in [4.78, 5) is 23.5. The summed E-state index contributed by atoms with van der Waals surface area (Å²) >= 11 is 0. The van der Waals surface area contributed by atoms with E-state index in [1.807, 2.05) is 6.07 Å². The predicted molar refractivity (Wildman–Crippen MR) is 98.0 cm³/mol. The van der Waals surface area contributed by atoms with Crippen molar-refractivity contribution in [2.45, 2.75) is 26.3 Å². The van der Waals surface area contributed by atoms with Gasteiger partial charge in [0.2, 0.25) is 0 Å². The number of benzene rings is 2. The number of carboxylic acids is 1. The van der Waals surface area contributed by atoms with Gasteiger partial charge in [-0.3, -0.25) is 4.79 Å². The third-order valence-electron chi connectivity index (χ3n) is 3.84. The molecule has 2 aromatic rings. The van der Waals surface area contributed by atoms with Crippen molar-refractivity contribution in [1.82, 2.24) is 5.32 Å². The molecule has 0 saturated carbocycles. The van der Waals surface area contributed by atoms with Crippen LogP contribution in [-0.2, 0) is 6.54 Å². The van der Waals surface area contributed by atoms with Crippen LogP contribution in [0.3, 0.4) is 0 Å². The van der Waals surface area contributed by atoms with E-state index in [9.17, 15) is 14.7 Å². The summed E-state index contributed by atoms with van der Waals surface area (Å²) in [5, 5.41) is 11.9. The second kappa shape index (κ2) is 9.46. The number of hydrogen-bond acceptors (Lipinski definition) is 4. The van der Waals surface area contributed by atoms with Crippen molar-refractivity contribution >= 4 is 11.9 Å². The van der Waals surface area contributed by atoms with Gasteiger partial charge >= 0.3 is 5.97 Å². The minimum absolute atomic E-state index is 0.0257. The number of carbonyl (C=O) groups excluding carboxylic acids is 1. The summed E-state index contributed by atoms with van der Waals surface area (Å²) in [5.41, 5.74) is 0.930. The van der Waals surface area contributed by atoms with Crippen LogP contribution in [0.2, 0.25) is 0 Å². The molecule has 0 radical (unpaired) electrons. The first kappa shape index (κ1) is 19.3. The Labute approximate surface area is 152 Å². The van der Waals surface area contributed by atoms with E-state index < -0.39 is 11.9 Å². The molecule has 2 aromatic carbocycles. The fraction of sp³-hybridized carbons (Fsp3) is 0.300. The molecule has 138 valence electrons. The number of carboxylic acid groups (broad SMARTS) is 1. The predicted octanol–water partition coefficient (Wildman–Crippen LogP) is 3.50. The zero-order valence-corrected chi connectivity index (χ0v) is 15.0. The largest absolute Gasteiger partial charge is 0.493 e. The number of methoxy groups -OCH3 is 1. The van der Waals surface area contributed by atoms with Crippen LogP contribution >= 0.6 is 0 Å². The first-order chi connectivity index (χ1) is 12.6. The number of aromatic carboxylic acids is 1. The first-order valence-corrected chi connectivity index (χ1v) is 8.47. The smallest absolute Gasteiger partial charge is 0.336 e. The van der Waals surface area contributed by atoms with E-state index in [4.69, 9.17) is 9.47 Å². The zero-order valence-electron chi connectivity index (χ0n) is 15.0. The van der Waals surface area contributed by atoms with E-state index in [1.165, 1.54) is 12.1 Å². The minimum Gasteiger partial charge on any atom is -0.493 e. The molecule has 0 aliphatic rings. The number of nitrogens with one attached hydrogen (secondary N) is 1. The molecule has 0 aliphatic heterocycles. The Kier molecular flexibility index (Phi) is 7.02. The molecule has 1 amide bonds. The highest BCUT2D eigenvalue weighted by Gasteiger charge is 2.15. The summed E-state index contributed by atoms with van der Waals surface area (Å²) in [6, 6.07) is 11.6. The fourth-order valence-corrected chi connectivity index (χ4v) is 2.41. The SMILES string of the molecule is CCCCOc1ccc(CNC(=O)c2ccccc2C(=O)O)cc1OC. The zero-order chi connectivity index (χ0) is 18.9. The van der Waals surface area contributed by atoms with E-state index in [-0.39, 0.29) is 17.7 Å². The van der Waals surface area contributed by atoms with Crippen LogP contribution in [0.5, 0.6) is 11.5 Å². The van der Waals surface area contributed by atoms with Crippen LogP contribution in [0.25, 0.3) is 0 Å². The number of ether oxygens (including phenoxy) is 2.